The van der Waals surface area contributed by atoms with Crippen LogP contribution in [0.25, 0.3) is 4.98 Å². The van der Waals surface area contributed by atoms with Crippen molar-refractivity contribution in [1.82, 2.24) is 14.7 Å². The second-order valence-corrected chi connectivity index (χ2v) is 6.55. The van der Waals surface area contributed by atoms with E-state index in [-0.39, 0.29) is 12.1 Å². The molecule has 1 aromatic rings. The van der Waals surface area contributed by atoms with Gasteiger partial charge in [0, 0.05) is 32.7 Å². The molecular formula is C14H23N6O2+. The Morgan fingerprint density at radius 3 is 2.68 bits per heavy atom. The van der Waals surface area contributed by atoms with Crippen LogP contribution in [0.15, 0.2) is 6.20 Å². The molecule has 0 spiro atoms. The van der Waals surface area contributed by atoms with E-state index in [0.717, 1.165) is 5.82 Å². The maximum absolute atomic E-state index is 12.2. The van der Waals surface area contributed by atoms with E-state index < -0.39 is 5.60 Å². The van der Waals surface area contributed by atoms with Gasteiger partial charge in [-0.2, -0.15) is 5.10 Å². The Morgan fingerprint density at radius 1 is 1.45 bits per heavy atom. The molecular weight excluding hydrogens is 284 g/mol. The number of carbonyl (C=O) groups excluding carboxylic acids is 1. The number of rotatable bonds is 1. The molecule has 0 N–H and O–H groups in total. The number of ether oxygens (including phenoxy) is 1. The minimum absolute atomic E-state index is 0.00922. The highest BCUT2D eigenvalue weighted by molar-refractivity contribution is 5.70. The minimum Gasteiger partial charge on any atom is -0.444 e. The van der Waals surface area contributed by atoms with Crippen LogP contribution in [0.4, 0.5) is 16.3 Å². The fourth-order valence-electron chi connectivity index (χ4n) is 2.60. The van der Waals surface area contributed by atoms with Gasteiger partial charge < -0.3 is 14.5 Å². The van der Waals surface area contributed by atoms with Crippen LogP contribution in [0.1, 0.15) is 27.7 Å². The monoisotopic (exact) mass is 307 g/mol. The highest BCUT2D eigenvalue weighted by atomic mass is 16.6. The number of anilines is 1. The third-order valence-electron chi connectivity index (χ3n) is 3.55. The maximum atomic E-state index is 12.2. The van der Waals surface area contributed by atoms with Gasteiger partial charge in [-0.3, -0.25) is 0 Å². The zero-order chi connectivity index (χ0) is 16.5. The lowest BCUT2D eigenvalue weighted by molar-refractivity contribution is 0.0158. The fourth-order valence-corrected chi connectivity index (χ4v) is 2.60. The van der Waals surface area contributed by atoms with Crippen molar-refractivity contribution in [2.45, 2.75) is 39.3 Å². The van der Waals surface area contributed by atoms with Crippen molar-refractivity contribution in [1.29, 1.82) is 5.39 Å². The van der Waals surface area contributed by atoms with Gasteiger partial charge in [0.05, 0.1) is 0 Å². The summed E-state index contributed by atoms with van der Waals surface area (Å²) < 4.78 is 7.11. The Bertz CT molecular complexity index is 597. The van der Waals surface area contributed by atoms with E-state index in [1.807, 2.05) is 27.7 Å². The first-order chi connectivity index (χ1) is 10.2. The third kappa shape index (κ3) is 3.30. The third-order valence-corrected chi connectivity index (χ3v) is 3.55. The molecule has 8 heteroatoms. The zero-order valence-electron chi connectivity index (χ0n) is 13.8. The van der Waals surface area contributed by atoms with Gasteiger partial charge in [0.1, 0.15) is 11.8 Å². The number of nitrogens with zero attached hydrogens (tertiary/aromatic N) is 6. The van der Waals surface area contributed by atoms with Crippen molar-refractivity contribution in [3.63, 3.8) is 0 Å². The van der Waals surface area contributed by atoms with Crippen molar-refractivity contribution in [3.8, 4) is 0 Å². The average Bonchev–Trinajstić information content (AvgIpc) is 2.77. The Hall–Kier alpha value is -2.30. The summed E-state index contributed by atoms with van der Waals surface area (Å²) in [6, 6.07) is -0.00922. The summed E-state index contributed by atoms with van der Waals surface area (Å²) in [6.07, 6.45) is 1.22. The van der Waals surface area contributed by atoms with Crippen LogP contribution in [-0.2, 0) is 11.8 Å². The SMILES string of the molecule is C[C@H]1CN(c2c([N+]#N)cnn2C)CCN1C(=O)OC(C)(C)C. The summed E-state index contributed by atoms with van der Waals surface area (Å²) in [5.41, 5.74) is -0.0701. The molecule has 22 heavy (non-hydrogen) atoms. The van der Waals surface area contributed by atoms with Gasteiger partial charge in [-0.15, -0.1) is 0 Å². The van der Waals surface area contributed by atoms with Gasteiger partial charge >= 0.3 is 11.8 Å². The second kappa shape index (κ2) is 5.83. The molecule has 8 nitrogen and oxygen atoms in total. The summed E-state index contributed by atoms with van der Waals surface area (Å²) in [7, 11) is 1.80. The molecule has 120 valence electrons. The summed E-state index contributed by atoms with van der Waals surface area (Å²) in [5.74, 6) is 0.748. The summed E-state index contributed by atoms with van der Waals surface area (Å²) in [5, 5.41) is 13.2. The molecule has 1 fully saturated rings. The van der Waals surface area contributed by atoms with Crippen LogP contribution in [0.5, 0.6) is 0 Å². The topological polar surface area (TPSA) is 78.8 Å². The lowest BCUT2D eigenvalue weighted by Gasteiger charge is -2.40. The molecule has 0 saturated carbocycles. The molecule has 1 saturated heterocycles. The zero-order valence-corrected chi connectivity index (χ0v) is 13.8. The summed E-state index contributed by atoms with van der Waals surface area (Å²) in [6.45, 7) is 9.35. The van der Waals surface area contributed by atoms with E-state index in [9.17, 15) is 4.79 Å². The normalized spacial score (nSPS) is 19.0. The number of aromatic nitrogens is 2. The van der Waals surface area contributed by atoms with Gasteiger partial charge in [-0.25, -0.2) is 9.48 Å². The molecule has 1 atom stereocenters. The standard InChI is InChI=1S/C14H23N6O2/c1-10-9-19(12-11(17-15)8-16-18(12)5)6-7-20(10)13(21)22-14(2,3)4/h8,10H,6-7,9H2,1-5H3/q+1/t10-/m0/s1. The Labute approximate surface area is 130 Å². The van der Waals surface area contributed by atoms with Gasteiger partial charge in [0.15, 0.2) is 4.98 Å². The number of aryl methyl sites for hydroxylation is 1. The van der Waals surface area contributed by atoms with Gasteiger partial charge in [0.2, 0.25) is 11.2 Å². The van der Waals surface area contributed by atoms with E-state index in [1.165, 1.54) is 6.20 Å². The molecule has 0 aliphatic carbocycles. The van der Waals surface area contributed by atoms with E-state index >= 15 is 0 Å². The predicted molar refractivity (Wildman–Crippen MR) is 82.6 cm³/mol. The number of carbonyl (C=O) groups is 1. The lowest BCUT2D eigenvalue weighted by atomic mass is 10.2. The molecule has 1 aromatic heterocycles. The van der Waals surface area contributed by atoms with Crippen molar-refractivity contribution in [2.24, 2.45) is 7.05 Å². The van der Waals surface area contributed by atoms with Crippen LogP contribution in [0, 0.1) is 5.39 Å². The highest BCUT2D eigenvalue weighted by Gasteiger charge is 2.34. The van der Waals surface area contributed by atoms with Crippen LogP contribution < -0.4 is 4.90 Å². The van der Waals surface area contributed by atoms with Crippen LogP contribution in [-0.4, -0.2) is 52.1 Å². The molecule has 1 amide bonds. The number of piperazine rings is 1. The first-order valence-corrected chi connectivity index (χ1v) is 7.34. The predicted octanol–water partition coefficient (Wildman–Crippen LogP) is 2.35. The minimum atomic E-state index is -0.501. The molecule has 2 heterocycles. The van der Waals surface area contributed by atoms with E-state index in [0.29, 0.717) is 25.3 Å². The molecule has 2 rings (SSSR count). The number of amides is 1. The lowest BCUT2D eigenvalue weighted by Crippen LogP contribution is -2.55. The number of hydrogen-bond acceptors (Lipinski definition) is 5. The quantitative estimate of drug-likeness (QED) is 0.744. The summed E-state index contributed by atoms with van der Waals surface area (Å²) >= 11 is 0. The van der Waals surface area contributed by atoms with Crippen molar-refractivity contribution in [3.05, 3.63) is 11.2 Å². The van der Waals surface area contributed by atoms with E-state index in [4.69, 9.17) is 10.1 Å². The molecule has 0 radical (unpaired) electrons. The number of diazo groups is 1. The van der Waals surface area contributed by atoms with Gasteiger partial charge in [0.25, 0.3) is 0 Å². The largest absolute Gasteiger partial charge is 0.446 e. The van der Waals surface area contributed by atoms with E-state index in [1.54, 1.807) is 16.6 Å². The van der Waals surface area contributed by atoms with Crippen molar-refractivity contribution < 1.29 is 9.53 Å². The molecule has 1 aliphatic rings. The summed E-state index contributed by atoms with van der Waals surface area (Å²) in [4.78, 5) is 19.3. The maximum Gasteiger partial charge on any atom is 0.446 e. The van der Waals surface area contributed by atoms with Crippen LogP contribution >= 0.6 is 0 Å². The molecule has 0 bridgehead atoms. The highest BCUT2D eigenvalue weighted by Crippen LogP contribution is 2.29. The first-order valence-electron chi connectivity index (χ1n) is 7.34. The van der Waals surface area contributed by atoms with Crippen molar-refractivity contribution in [2.75, 3.05) is 24.5 Å². The smallest absolute Gasteiger partial charge is 0.444 e. The molecule has 1 aliphatic heterocycles. The number of hydrogen-bond donors (Lipinski definition) is 0. The Balaban J connectivity index is 2.09. The van der Waals surface area contributed by atoms with Gasteiger partial charge in [-0.05, 0) is 27.7 Å². The molecule has 0 unspecified atom stereocenters. The second-order valence-electron chi connectivity index (χ2n) is 6.55. The van der Waals surface area contributed by atoms with Crippen molar-refractivity contribution >= 4 is 17.6 Å². The van der Waals surface area contributed by atoms with E-state index in [2.05, 4.69) is 15.0 Å². The van der Waals surface area contributed by atoms with Crippen LogP contribution in [0.2, 0.25) is 0 Å². The van der Waals surface area contributed by atoms with Gasteiger partial charge in [-0.1, -0.05) is 0 Å². The fraction of sp³-hybridized carbons (Fsp3) is 0.714. The average molecular weight is 307 g/mol. The Kier molecular flexibility index (Phi) is 4.26. The van der Waals surface area contributed by atoms with Crippen LogP contribution in [0.3, 0.4) is 0 Å². The molecule has 0 aromatic carbocycles. The Morgan fingerprint density at radius 2 is 2.14 bits per heavy atom. The first kappa shape index (κ1) is 16.1.